The number of amides is 2. The highest BCUT2D eigenvalue weighted by Gasteiger charge is 2.42. The molecule has 0 radical (unpaired) electrons. The first-order chi connectivity index (χ1) is 13.2. The minimum Gasteiger partial charge on any atom is -0.447 e. The van der Waals surface area contributed by atoms with E-state index in [0.717, 1.165) is 19.3 Å². The highest BCUT2D eigenvalue weighted by atomic mass is 28.4. The lowest BCUT2D eigenvalue weighted by molar-refractivity contribution is -0.137. The number of cyclic esters (lactones) is 1. The van der Waals surface area contributed by atoms with E-state index in [1.807, 2.05) is 13.8 Å². The second-order valence-electron chi connectivity index (χ2n) is 10.3. The van der Waals surface area contributed by atoms with Crippen molar-refractivity contribution in [3.05, 3.63) is 0 Å². The van der Waals surface area contributed by atoms with Crippen molar-refractivity contribution in [1.82, 2.24) is 4.90 Å². The van der Waals surface area contributed by atoms with E-state index in [9.17, 15) is 14.7 Å². The standard InChI is InChI=1S/C22H43NO5Si/c1-10-17(28-29(8,9)22(5,6)7)12-11-13-19(24)16(4)20(25)23-18(15(2)3)14-27-21(23)26/h15-19,24H,10-14H2,1-9H3/t16-,17-,18-,19-/m0/s1. The van der Waals surface area contributed by atoms with E-state index in [0.29, 0.717) is 6.42 Å². The maximum Gasteiger partial charge on any atom is 0.416 e. The second-order valence-corrected chi connectivity index (χ2v) is 15.0. The molecule has 1 heterocycles. The van der Waals surface area contributed by atoms with Crippen LogP contribution < -0.4 is 0 Å². The molecule has 0 aromatic carbocycles. The zero-order valence-electron chi connectivity index (χ0n) is 19.9. The first-order valence-electron chi connectivity index (χ1n) is 11.1. The van der Waals surface area contributed by atoms with Gasteiger partial charge in [-0.05, 0) is 49.7 Å². The topological polar surface area (TPSA) is 76.1 Å². The third-order valence-corrected chi connectivity index (χ3v) is 11.2. The van der Waals surface area contributed by atoms with Gasteiger partial charge in [0.25, 0.3) is 0 Å². The molecule has 6 nitrogen and oxygen atoms in total. The predicted molar refractivity (Wildman–Crippen MR) is 118 cm³/mol. The van der Waals surface area contributed by atoms with E-state index in [1.165, 1.54) is 4.90 Å². The van der Waals surface area contributed by atoms with E-state index < -0.39 is 26.4 Å². The monoisotopic (exact) mass is 429 g/mol. The molecule has 1 aliphatic heterocycles. The average Bonchev–Trinajstić information content (AvgIpc) is 3.00. The summed E-state index contributed by atoms with van der Waals surface area (Å²) in [5, 5.41) is 10.7. The normalized spacial score (nSPS) is 21.3. The van der Waals surface area contributed by atoms with Crippen LogP contribution in [-0.4, -0.2) is 55.2 Å². The van der Waals surface area contributed by atoms with Gasteiger partial charge < -0.3 is 14.3 Å². The number of rotatable bonds is 10. The van der Waals surface area contributed by atoms with Crippen molar-refractivity contribution in [2.75, 3.05) is 6.61 Å². The van der Waals surface area contributed by atoms with Crippen molar-refractivity contribution in [3.8, 4) is 0 Å². The van der Waals surface area contributed by atoms with Gasteiger partial charge in [-0.2, -0.15) is 0 Å². The van der Waals surface area contributed by atoms with Crippen molar-refractivity contribution in [1.29, 1.82) is 0 Å². The number of aliphatic hydroxyl groups excluding tert-OH is 1. The Balaban J connectivity index is 2.59. The summed E-state index contributed by atoms with van der Waals surface area (Å²) in [5.41, 5.74) is 0. The van der Waals surface area contributed by atoms with E-state index in [4.69, 9.17) is 9.16 Å². The predicted octanol–water partition coefficient (Wildman–Crippen LogP) is 4.96. The number of ether oxygens (including phenoxy) is 1. The minimum atomic E-state index is -1.82. The molecule has 0 spiro atoms. The van der Waals surface area contributed by atoms with Gasteiger partial charge in [0, 0.05) is 6.10 Å². The van der Waals surface area contributed by atoms with Crippen LogP contribution in [0, 0.1) is 11.8 Å². The van der Waals surface area contributed by atoms with Gasteiger partial charge in [-0.1, -0.05) is 48.5 Å². The van der Waals surface area contributed by atoms with Crippen LogP contribution in [0.1, 0.15) is 74.1 Å². The number of carbonyl (C=O) groups is 2. The Labute approximate surface area is 178 Å². The number of carbonyl (C=O) groups excluding carboxylic acids is 2. The molecule has 1 rings (SSSR count). The molecule has 7 heteroatoms. The zero-order chi connectivity index (χ0) is 22.6. The Morgan fingerprint density at radius 2 is 1.86 bits per heavy atom. The van der Waals surface area contributed by atoms with Crippen molar-refractivity contribution >= 4 is 20.3 Å². The van der Waals surface area contributed by atoms with Crippen molar-refractivity contribution in [2.45, 2.75) is 111 Å². The number of hydrogen-bond acceptors (Lipinski definition) is 5. The fourth-order valence-electron chi connectivity index (χ4n) is 3.31. The van der Waals surface area contributed by atoms with Gasteiger partial charge >= 0.3 is 6.09 Å². The Kier molecular flexibility index (Phi) is 9.36. The summed E-state index contributed by atoms with van der Waals surface area (Å²) >= 11 is 0. The molecule has 0 saturated carbocycles. The summed E-state index contributed by atoms with van der Waals surface area (Å²) in [5.74, 6) is -0.862. The van der Waals surface area contributed by atoms with Crippen molar-refractivity contribution in [3.63, 3.8) is 0 Å². The minimum absolute atomic E-state index is 0.118. The summed E-state index contributed by atoms with van der Waals surface area (Å²) in [6.07, 6.45) is 1.89. The van der Waals surface area contributed by atoms with Gasteiger partial charge in [-0.3, -0.25) is 4.79 Å². The fraction of sp³-hybridized carbons (Fsp3) is 0.909. The first kappa shape index (κ1) is 26.1. The lowest BCUT2D eigenvalue weighted by Gasteiger charge is -2.39. The van der Waals surface area contributed by atoms with Crippen LogP contribution in [0.2, 0.25) is 18.1 Å². The van der Waals surface area contributed by atoms with Crippen LogP contribution in [0.15, 0.2) is 0 Å². The van der Waals surface area contributed by atoms with Crippen molar-refractivity contribution < 1.29 is 23.9 Å². The van der Waals surface area contributed by atoms with Gasteiger partial charge in [-0.15, -0.1) is 0 Å². The lowest BCUT2D eigenvalue weighted by Crippen LogP contribution is -2.46. The molecule has 0 bridgehead atoms. The highest BCUT2D eigenvalue weighted by molar-refractivity contribution is 6.74. The maximum absolute atomic E-state index is 12.8. The number of hydrogen-bond donors (Lipinski definition) is 1. The van der Waals surface area contributed by atoms with Crippen LogP contribution >= 0.6 is 0 Å². The van der Waals surface area contributed by atoms with E-state index in [2.05, 4.69) is 40.8 Å². The van der Waals surface area contributed by atoms with Gasteiger partial charge in [0.15, 0.2) is 8.32 Å². The van der Waals surface area contributed by atoms with Gasteiger partial charge in [0.1, 0.15) is 6.61 Å². The summed E-state index contributed by atoms with van der Waals surface area (Å²) in [6.45, 7) is 19.2. The Bertz CT molecular complexity index is 558. The molecule has 170 valence electrons. The third kappa shape index (κ3) is 6.79. The summed E-state index contributed by atoms with van der Waals surface area (Å²) in [6, 6.07) is -0.257. The first-order valence-corrected chi connectivity index (χ1v) is 14.0. The summed E-state index contributed by atoms with van der Waals surface area (Å²) in [7, 11) is -1.82. The largest absolute Gasteiger partial charge is 0.447 e. The Morgan fingerprint density at radius 3 is 2.34 bits per heavy atom. The quantitative estimate of drug-likeness (QED) is 0.497. The molecule has 1 fully saturated rings. The number of imide groups is 1. The van der Waals surface area contributed by atoms with E-state index in [-0.39, 0.29) is 35.6 Å². The molecule has 29 heavy (non-hydrogen) atoms. The average molecular weight is 430 g/mol. The van der Waals surface area contributed by atoms with Crippen LogP contribution in [0.4, 0.5) is 4.79 Å². The number of aliphatic hydroxyl groups is 1. The third-order valence-electron chi connectivity index (χ3n) is 6.63. The number of nitrogens with zero attached hydrogens (tertiary/aromatic N) is 1. The SMILES string of the molecule is CC[C@@H](CCC[C@H](O)[C@H](C)C(=O)N1C(=O)OC[C@H]1C(C)C)O[Si](C)(C)C(C)(C)C. The molecule has 4 atom stereocenters. The molecule has 1 saturated heterocycles. The second kappa shape index (κ2) is 10.4. The molecule has 0 aromatic rings. The Hall–Kier alpha value is -0.923. The zero-order valence-corrected chi connectivity index (χ0v) is 20.9. The lowest BCUT2D eigenvalue weighted by atomic mass is 9.95. The molecule has 1 aliphatic rings. The Morgan fingerprint density at radius 1 is 1.28 bits per heavy atom. The van der Waals surface area contributed by atoms with E-state index in [1.54, 1.807) is 6.92 Å². The highest BCUT2D eigenvalue weighted by Crippen LogP contribution is 2.38. The fourth-order valence-corrected chi connectivity index (χ4v) is 4.78. The molecule has 0 unspecified atom stereocenters. The van der Waals surface area contributed by atoms with Crippen LogP contribution in [0.5, 0.6) is 0 Å². The molecule has 2 amide bonds. The molecule has 1 N–H and O–H groups in total. The van der Waals surface area contributed by atoms with Gasteiger partial charge in [0.05, 0.1) is 18.1 Å². The maximum atomic E-state index is 12.8. The van der Waals surface area contributed by atoms with Gasteiger partial charge in [-0.25, -0.2) is 9.69 Å². The van der Waals surface area contributed by atoms with Crippen LogP contribution in [0.25, 0.3) is 0 Å². The van der Waals surface area contributed by atoms with Crippen molar-refractivity contribution in [2.24, 2.45) is 11.8 Å². The van der Waals surface area contributed by atoms with Crippen LogP contribution in [-0.2, 0) is 14.0 Å². The summed E-state index contributed by atoms with van der Waals surface area (Å²) < 4.78 is 11.6. The smallest absolute Gasteiger partial charge is 0.416 e. The van der Waals surface area contributed by atoms with Crippen LogP contribution in [0.3, 0.4) is 0 Å². The molecule has 0 aromatic heterocycles. The van der Waals surface area contributed by atoms with Gasteiger partial charge in [0.2, 0.25) is 5.91 Å². The molecular weight excluding hydrogens is 386 g/mol. The summed E-state index contributed by atoms with van der Waals surface area (Å²) in [4.78, 5) is 26.0. The van der Waals surface area contributed by atoms with E-state index >= 15 is 0 Å². The molecular formula is C22H43NO5Si. The molecule has 0 aliphatic carbocycles.